The van der Waals surface area contributed by atoms with E-state index in [2.05, 4.69) is 14.1 Å². The number of hydrogen-bond donors (Lipinski definition) is 2. The maximum Gasteiger partial charge on any atom is 0.271 e. The van der Waals surface area contributed by atoms with Crippen LogP contribution in [0, 0.1) is 10.1 Å². The molecule has 0 bridgehead atoms. The van der Waals surface area contributed by atoms with Crippen molar-refractivity contribution < 1.29 is 4.92 Å². The average Bonchev–Trinajstić information content (AvgIpc) is 2.92. The zero-order chi connectivity index (χ0) is 15.0. The highest BCUT2D eigenvalue weighted by Crippen LogP contribution is 2.35. The Morgan fingerprint density at radius 3 is 2.81 bits per heavy atom. The summed E-state index contributed by atoms with van der Waals surface area (Å²) in [6.07, 6.45) is 0. The predicted molar refractivity (Wildman–Crippen MR) is 83.2 cm³/mol. The fraction of sp³-hybridized carbons (Fsp3) is 0. The summed E-state index contributed by atoms with van der Waals surface area (Å²) in [6, 6.07) is 7.66. The van der Waals surface area contributed by atoms with Crippen molar-refractivity contribution in [3.8, 4) is 0 Å². The van der Waals surface area contributed by atoms with Crippen LogP contribution in [0.2, 0.25) is 5.02 Å². The molecule has 3 N–H and O–H groups in total. The van der Waals surface area contributed by atoms with Gasteiger partial charge < -0.3 is 11.1 Å². The van der Waals surface area contributed by atoms with E-state index in [4.69, 9.17) is 17.3 Å². The highest BCUT2D eigenvalue weighted by Gasteiger charge is 2.13. The number of nitro benzene ring substituents is 1. The monoisotopic (exact) mass is 321 g/mol. The third kappa shape index (κ3) is 2.46. The zero-order valence-electron chi connectivity index (χ0n) is 10.4. The number of aromatic nitrogens is 2. The van der Waals surface area contributed by atoms with Crippen molar-refractivity contribution in [2.75, 3.05) is 11.1 Å². The largest absolute Gasteiger partial charge is 0.397 e. The molecule has 0 amide bonds. The molecule has 2 aromatic carbocycles. The number of anilines is 3. The van der Waals surface area contributed by atoms with Crippen LogP contribution in [0.1, 0.15) is 0 Å². The molecule has 1 heterocycles. The Balaban J connectivity index is 2.04. The summed E-state index contributed by atoms with van der Waals surface area (Å²) in [4.78, 5) is 10.2. The molecule has 7 nitrogen and oxygen atoms in total. The summed E-state index contributed by atoms with van der Waals surface area (Å²) in [5.74, 6) is 0. The number of nitrogens with zero attached hydrogens (tertiary/aromatic N) is 3. The fourth-order valence-corrected chi connectivity index (χ4v) is 2.60. The molecule has 3 aromatic rings. The number of hydrogen-bond acceptors (Lipinski definition) is 7. The number of halogens is 1. The normalized spacial score (nSPS) is 10.7. The molecule has 0 spiro atoms. The van der Waals surface area contributed by atoms with Gasteiger partial charge in [-0.2, -0.15) is 8.75 Å². The van der Waals surface area contributed by atoms with Crippen LogP contribution in [0.15, 0.2) is 30.3 Å². The van der Waals surface area contributed by atoms with Crippen LogP contribution in [0.3, 0.4) is 0 Å². The molecule has 0 radical (unpaired) electrons. The van der Waals surface area contributed by atoms with Gasteiger partial charge in [-0.1, -0.05) is 11.6 Å². The standard InChI is InChI=1S/C12H8ClN5O2S/c13-7-2-4-10-12(17-21-16-10)11(7)15-9-3-1-6(18(19)20)5-8(9)14/h1-5,15H,14H2. The van der Waals surface area contributed by atoms with Gasteiger partial charge in [0.25, 0.3) is 5.69 Å². The molecule has 3 rings (SSSR count). The van der Waals surface area contributed by atoms with Gasteiger partial charge in [0.15, 0.2) is 0 Å². The van der Waals surface area contributed by atoms with Crippen molar-refractivity contribution in [1.82, 2.24) is 8.75 Å². The SMILES string of the molecule is Nc1cc([N+](=O)[O-])ccc1Nc1c(Cl)ccc2nsnc12. The van der Waals surface area contributed by atoms with E-state index < -0.39 is 4.92 Å². The minimum Gasteiger partial charge on any atom is -0.397 e. The molecule has 0 saturated carbocycles. The molecular formula is C12H8ClN5O2S. The Kier molecular flexibility index (Phi) is 3.32. The number of nitrogens with two attached hydrogens (primary N) is 1. The van der Waals surface area contributed by atoms with Gasteiger partial charge in [-0.15, -0.1) is 0 Å². The Morgan fingerprint density at radius 1 is 1.29 bits per heavy atom. The van der Waals surface area contributed by atoms with E-state index in [1.165, 1.54) is 18.2 Å². The summed E-state index contributed by atoms with van der Waals surface area (Å²) in [7, 11) is 0. The molecule has 0 aliphatic carbocycles. The van der Waals surface area contributed by atoms with E-state index in [9.17, 15) is 10.1 Å². The molecule has 0 atom stereocenters. The predicted octanol–water partition coefficient (Wildman–Crippen LogP) is 3.58. The van der Waals surface area contributed by atoms with Crippen LogP contribution in [-0.4, -0.2) is 13.7 Å². The van der Waals surface area contributed by atoms with Gasteiger partial charge in [-0.05, 0) is 18.2 Å². The molecule has 1 aromatic heterocycles. The van der Waals surface area contributed by atoms with E-state index in [1.807, 2.05) is 0 Å². The molecule has 0 fully saturated rings. The molecule has 0 aliphatic heterocycles. The number of nitrogen functional groups attached to an aromatic ring is 1. The van der Waals surface area contributed by atoms with Gasteiger partial charge >= 0.3 is 0 Å². The smallest absolute Gasteiger partial charge is 0.271 e. The Hall–Kier alpha value is -2.45. The van der Waals surface area contributed by atoms with Crippen LogP contribution in [0.25, 0.3) is 11.0 Å². The first-order valence-electron chi connectivity index (χ1n) is 5.78. The lowest BCUT2D eigenvalue weighted by atomic mass is 10.2. The topological polar surface area (TPSA) is 107 Å². The van der Waals surface area contributed by atoms with Crippen LogP contribution in [0.4, 0.5) is 22.7 Å². The van der Waals surface area contributed by atoms with Gasteiger partial charge in [0.1, 0.15) is 11.0 Å². The maximum atomic E-state index is 10.7. The number of non-ortho nitro benzene ring substituents is 1. The van der Waals surface area contributed by atoms with Crippen molar-refractivity contribution in [3.05, 3.63) is 45.5 Å². The number of rotatable bonds is 3. The van der Waals surface area contributed by atoms with Crippen molar-refractivity contribution >= 4 is 57.1 Å². The second-order valence-corrected chi connectivity index (χ2v) is 5.14. The molecule has 106 valence electrons. The Labute approximate surface area is 127 Å². The fourth-order valence-electron chi connectivity index (χ4n) is 1.86. The third-order valence-corrected chi connectivity index (χ3v) is 3.74. The number of benzene rings is 2. The number of nitro groups is 1. The van der Waals surface area contributed by atoms with Crippen molar-refractivity contribution in [2.24, 2.45) is 0 Å². The molecule has 9 heteroatoms. The lowest BCUT2D eigenvalue weighted by molar-refractivity contribution is -0.384. The minimum absolute atomic E-state index is 0.0716. The summed E-state index contributed by atoms with van der Waals surface area (Å²) >= 11 is 7.25. The zero-order valence-corrected chi connectivity index (χ0v) is 12.0. The van der Waals surface area contributed by atoms with E-state index in [-0.39, 0.29) is 11.4 Å². The minimum atomic E-state index is -0.502. The van der Waals surface area contributed by atoms with Crippen LogP contribution < -0.4 is 11.1 Å². The quantitative estimate of drug-likeness (QED) is 0.434. The molecule has 0 unspecified atom stereocenters. The number of nitrogens with one attached hydrogen (secondary N) is 1. The van der Waals surface area contributed by atoms with Crippen molar-refractivity contribution in [3.63, 3.8) is 0 Å². The second-order valence-electron chi connectivity index (χ2n) is 4.21. The number of fused-ring (bicyclic) bond motifs is 1. The molecule has 21 heavy (non-hydrogen) atoms. The first-order chi connectivity index (χ1) is 10.1. The van der Waals surface area contributed by atoms with Crippen molar-refractivity contribution in [2.45, 2.75) is 0 Å². The summed E-state index contributed by atoms with van der Waals surface area (Å²) in [5.41, 5.74) is 8.45. The average molecular weight is 322 g/mol. The lowest BCUT2D eigenvalue weighted by Gasteiger charge is -2.11. The van der Waals surface area contributed by atoms with Gasteiger partial charge in [-0.3, -0.25) is 10.1 Å². The van der Waals surface area contributed by atoms with E-state index >= 15 is 0 Å². The van der Waals surface area contributed by atoms with Gasteiger partial charge in [0.05, 0.1) is 38.7 Å². The Bertz CT molecular complexity index is 851. The highest BCUT2D eigenvalue weighted by molar-refractivity contribution is 7.00. The van der Waals surface area contributed by atoms with E-state index in [0.717, 1.165) is 11.7 Å². The van der Waals surface area contributed by atoms with E-state index in [1.54, 1.807) is 12.1 Å². The van der Waals surface area contributed by atoms with E-state index in [0.29, 0.717) is 27.4 Å². The van der Waals surface area contributed by atoms with Crippen LogP contribution in [-0.2, 0) is 0 Å². The van der Waals surface area contributed by atoms with Gasteiger partial charge in [0, 0.05) is 12.1 Å². The first-order valence-corrected chi connectivity index (χ1v) is 6.89. The summed E-state index contributed by atoms with van der Waals surface area (Å²) in [6.45, 7) is 0. The Morgan fingerprint density at radius 2 is 2.10 bits per heavy atom. The van der Waals surface area contributed by atoms with Gasteiger partial charge in [0.2, 0.25) is 0 Å². The lowest BCUT2D eigenvalue weighted by Crippen LogP contribution is -1.99. The molecular weight excluding hydrogens is 314 g/mol. The maximum absolute atomic E-state index is 10.7. The highest BCUT2D eigenvalue weighted by atomic mass is 35.5. The van der Waals surface area contributed by atoms with Gasteiger partial charge in [-0.25, -0.2) is 0 Å². The van der Waals surface area contributed by atoms with Crippen molar-refractivity contribution in [1.29, 1.82) is 0 Å². The first kappa shape index (κ1) is 13.5. The van der Waals surface area contributed by atoms with Crippen LogP contribution >= 0.6 is 23.3 Å². The summed E-state index contributed by atoms with van der Waals surface area (Å²) < 4.78 is 8.32. The second kappa shape index (κ2) is 5.15. The third-order valence-electron chi connectivity index (χ3n) is 2.88. The molecule has 0 aliphatic rings. The summed E-state index contributed by atoms with van der Waals surface area (Å²) in [5, 5.41) is 14.2. The van der Waals surface area contributed by atoms with Crippen LogP contribution in [0.5, 0.6) is 0 Å². The molecule has 0 saturated heterocycles.